The normalized spacial score (nSPS) is 15.8. The molecule has 118 valence electrons. The molecular weight excluding hydrogens is 305 g/mol. The van der Waals surface area contributed by atoms with Crippen molar-refractivity contribution in [3.8, 4) is 5.75 Å². The molecule has 0 saturated heterocycles. The zero-order chi connectivity index (χ0) is 16.5. The van der Waals surface area contributed by atoms with E-state index in [4.69, 9.17) is 4.74 Å². The third-order valence-corrected chi connectivity index (χ3v) is 3.59. The quantitative estimate of drug-likeness (QED) is 0.727. The first-order valence-corrected chi connectivity index (χ1v) is 6.89. The Kier molecular flexibility index (Phi) is 3.67. The average molecular weight is 318 g/mol. The van der Waals surface area contributed by atoms with Crippen molar-refractivity contribution in [2.75, 3.05) is 7.11 Å². The number of ether oxygens (including phenoxy) is 1. The summed E-state index contributed by atoms with van der Waals surface area (Å²) in [6.07, 6.45) is -1.20. The Morgan fingerprint density at radius 2 is 1.70 bits per heavy atom. The Morgan fingerprint density at radius 3 is 2.26 bits per heavy atom. The zero-order valence-corrected chi connectivity index (χ0v) is 12.2. The van der Waals surface area contributed by atoms with E-state index in [1.807, 2.05) is 30.3 Å². The standard InChI is InChI=1S/C17H13F3N2O/c1-23-14-10-9-13(8-7-12-5-3-2-4-6-12)15(11-14)16(21-22-16)17(18,19)20/h2-11H,1H3. The molecule has 23 heavy (non-hydrogen) atoms. The number of halogens is 3. The van der Waals surface area contributed by atoms with E-state index in [0.29, 0.717) is 11.3 Å². The van der Waals surface area contributed by atoms with Crippen LogP contribution in [0.5, 0.6) is 5.75 Å². The topological polar surface area (TPSA) is 34.0 Å². The zero-order valence-electron chi connectivity index (χ0n) is 12.2. The third-order valence-electron chi connectivity index (χ3n) is 3.59. The molecule has 0 saturated carbocycles. The van der Waals surface area contributed by atoms with Gasteiger partial charge >= 0.3 is 11.8 Å². The van der Waals surface area contributed by atoms with Crippen LogP contribution in [0.25, 0.3) is 12.2 Å². The van der Waals surface area contributed by atoms with Crippen LogP contribution < -0.4 is 4.74 Å². The maximum atomic E-state index is 13.3. The number of alkyl halides is 3. The van der Waals surface area contributed by atoms with E-state index in [1.165, 1.54) is 13.2 Å². The Balaban J connectivity index is 2.03. The summed E-state index contributed by atoms with van der Waals surface area (Å²) in [7, 11) is 1.40. The van der Waals surface area contributed by atoms with Crippen molar-refractivity contribution in [2.24, 2.45) is 10.2 Å². The lowest BCUT2D eigenvalue weighted by Gasteiger charge is -2.18. The molecule has 0 aliphatic carbocycles. The van der Waals surface area contributed by atoms with Gasteiger partial charge in [-0.3, -0.25) is 0 Å². The molecule has 1 aliphatic rings. The predicted molar refractivity (Wildman–Crippen MR) is 81.0 cm³/mol. The first-order chi connectivity index (χ1) is 11.0. The first-order valence-electron chi connectivity index (χ1n) is 6.89. The SMILES string of the molecule is COc1ccc(C=Cc2ccccc2)c(C2(C(F)(F)F)N=N2)c1. The highest BCUT2D eigenvalue weighted by Crippen LogP contribution is 2.54. The molecule has 0 bridgehead atoms. The van der Waals surface area contributed by atoms with Crippen LogP contribution in [-0.4, -0.2) is 13.3 Å². The summed E-state index contributed by atoms with van der Waals surface area (Å²) in [5.41, 5.74) is -1.22. The van der Waals surface area contributed by atoms with E-state index in [1.54, 1.807) is 24.3 Å². The van der Waals surface area contributed by atoms with Gasteiger partial charge in [0.2, 0.25) is 0 Å². The van der Waals surface area contributed by atoms with Crippen molar-refractivity contribution < 1.29 is 17.9 Å². The van der Waals surface area contributed by atoms with E-state index < -0.39 is 11.8 Å². The van der Waals surface area contributed by atoms with Gasteiger partial charge in [0.05, 0.1) is 7.11 Å². The number of hydrogen-bond acceptors (Lipinski definition) is 3. The number of nitrogens with zero attached hydrogens (tertiary/aromatic N) is 2. The Morgan fingerprint density at radius 1 is 1.00 bits per heavy atom. The van der Waals surface area contributed by atoms with Gasteiger partial charge < -0.3 is 4.74 Å². The first kappa shape index (κ1) is 15.3. The smallest absolute Gasteiger partial charge is 0.442 e. The average Bonchev–Trinajstić information content (AvgIpc) is 3.35. The molecule has 0 unspecified atom stereocenters. The summed E-state index contributed by atoms with van der Waals surface area (Å²) in [6, 6.07) is 13.8. The van der Waals surface area contributed by atoms with E-state index in [-0.39, 0.29) is 5.56 Å². The van der Waals surface area contributed by atoms with Gasteiger partial charge in [0.15, 0.2) is 0 Å². The molecule has 0 spiro atoms. The summed E-state index contributed by atoms with van der Waals surface area (Å²) in [5.74, 6) is 0.331. The summed E-state index contributed by atoms with van der Waals surface area (Å²) in [4.78, 5) is 0. The molecule has 6 heteroatoms. The van der Waals surface area contributed by atoms with Crippen LogP contribution in [0.1, 0.15) is 16.7 Å². The Labute approximate surface area is 131 Å². The van der Waals surface area contributed by atoms with Crippen LogP contribution in [0.15, 0.2) is 58.8 Å². The van der Waals surface area contributed by atoms with Gasteiger partial charge in [-0.25, -0.2) is 0 Å². The van der Waals surface area contributed by atoms with E-state index in [0.717, 1.165) is 5.56 Å². The van der Waals surface area contributed by atoms with Crippen molar-refractivity contribution in [1.29, 1.82) is 0 Å². The number of benzene rings is 2. The van der Waals surface area contributed by atoms with Crippen molar-refractivity contribution >= 4 is 12.2 Å². The predicted octanol–water partition coefficient (Wildman–Crippen LogP) is 5.05. The highest BCUT2D eigenvalue weighted by Gasteiger charge is 2.65. The van der Waals surface area contributed by atoms with Crippen LogP contribution in [0, 0.1) is 0 Å². The van der Waals surface area contributed by atoms with E-state index >= 15 is 0 Å². The fourth-order valence-corrected chi connectivity index (χ4v) is 2.28. The van der Waals surface area contributed by atoms with Crippen molar-refractivity contribution in [2.45, 2.75) is 11.8 Å². The molecule has 2 aromatic rings. The maximum absolute atomic E-state index is 13.3. The highest BCUT2D eigenvalue weighted by atomic mass is 19.4. The number of rotatable bonds is 4. The fraction of sp³-hybridized carbons (Fsp3) is 0.176. The molecule has 3 rings (SSSR count). The highest BCUT2D eigenvalue weighted by molar-refractivity contribution is 5.72. The van der Waals surface area contributed by atoms with E-state index in [9.17, 15) is 13.2 Å². The van der Waals surface area contributed by atoms with Gasteiger partial charge in [0.1, 0.15) is 5.75 Å². The van der Waals surface area contributed by atoms with Crippen molar-refractivity contribution in [3.63, 3.8) is 0 Å². The van der Waals surface area contributed by atoms with Crippen LogP contribution in [0.4, 0.5) is 13.2 Å². The minimum Gasteiger partial charge on any atom is -0.497 e. The number of methoxy groups -OCH3 is 1. The minimum atomic E-state index is -4.57. The second-order valence-electron chi connectivity index (χ2n) is 5.07. The molecule has 0 amide bonds. The van der Waals surface area contributed by atoms with Gasteiger partial charge in [-0.1, -0.05) is 48.6 Å². The maximum Gasteiger partial charge on any atom is 0.442 e. The summed E-state index contributed by atoms with van der Waals surface area (Å²) >= 11 is 0. The second kappa shape index (κ2) is 5.53. The molecule has 3 nitrogen and oxygen atoms in total. The van der Waals surface area contributed by atoms with Crippen molar-refractivity contribution in [3.05, 3.63) is 65.2 Å². The van der Waals surface area contributed by atoms with Gasteiger partial charge in [0.25, 0.3) is 0 Å². The largest absolute Gasteiger partial charge is 0.497 e. The molecule has 0 N–H and O–H groups in total. The van der Waals surface area contributed by atoms with E-state index in [2.05, 4.69) is 10.2 Å². The summed E-state index contributed by atoms with van der Waals surface area (Å²) in [6.45, 7) is 0. The van der Waals surface area contributed by atoms with Gasteiger partial charge in [0, 0.05) is 5.56 Å². The van der Waals surface area contributed by atoms with Crippen molar-refractivity contribution in [1.82, 2.24) is 0 Å². The molecule has 2 aromatic carbocycles. The summed E-state index contributed by atoms with van der Waals surface area (Å²) < 4.78 is 45.0. The van der Waals surface area contributed by atoms with Gasteiger partial charge in [-0.2, -0.15) is 13.2 Å². The molecule has 1 heterocycles. The van der Waals surface area contributed by atoms with Crippen LogP contribution in [0.2, 0.25) is 0 Å². The van der Waals surface area contributed by atoms with Crippen LogP contribution in [-0.2, 0) is 5.66 Å². The lowest BCUT2D eigenvalue weighted by Crippen LogP contribution is -2.30. The van der Waals surface area contributed by atoms with Crippen LogP contribution in [0.3, 0.4) is 0 Å². The fourth-order valence-electron chi connectivity index (χ4n) is 2.28. The monoisotopic (exact) mass is 318 g/mol. The summed E-state index contributed by atoms with van der Waals surface area (Å²) in [5, 5.41) is 6.55. The Bertz CT molecular complexity index is 761. The molecule has 0 atom stereocenters. The molecule has 0 radical (unpaired) electrons. The van der Waals surface area contributed by atoms with Gasteiger partial charge in [-0.15, -0.1) is 10.2 Å². The third kappa shape index (κ3) is 2.84. The Hall–Kier alpha value is -2.63. The minimum absolute atomic E-state index is 0.0310. The lowest BCUT2D eigenvalue weighted by molar-refractivity contribution is -0.166. The lowest BCUT2D eigenvalue weighted by atomic mass is 9.95. The molecule has 0 fully saturated rings. The molecule has 0 aromatic heterocycles. The molecule has 1 aliphatic heterocycles. The van der Waals surface area contributed by atoms with Gasteiger partial charge in [-0.05, 0) is 23.3 Å². The molecular formula is C17H13F3N2O. The van der Waals surface area contributed by atoms with Crippen LogP contribution >= 0.6 is 0 Å². The number of hydrogen-bond donors (Lipinski definition) is 0. The second-order valence-corrected chi connectivity index (χ2v) is 5.07.